The molecule has 172 valence electrons. The second kappa shape index (κ2) is 15.1. The minimum absolute atomic E-state index is 0. The second-order valence-electron chi connectivity index (χ2n) is 7.50. The number of guanidine groups is 1. The Labute approximate surface area is 197 Å². The molecule has 3 N–H and O–H groups in total. The van der Waals surface area contributed by atoms with Crippen molar-refractivity contribution in [3.8, 4) is 5.75 Å². The van der Waals surface area contributed by atoms with Gasteiger partial charge in [-0.25, -0.2) is 9.79 Å². The lowest BCUT2D eigenvalue weighted by Gasteiger charge is -2.20. The van der Waals surface area contributed by atoms with Gasteiger partial charge in [-0.2, -0.15) is 0 Å². The summed E-state index contributed by atoms with van der Waals surface area (Å²) in [6, 6.07) is 6.07. The summed E-state index contributed by atoms with van der Waals surface area (Å²) < 4.78 is 16.1. The summed E-state index contributed by atoms with van der Waals surface area (Å²) in [5, 5.41) is 9.11. The highest BCUT2D eigenvalue weighted by Crippen LogP contribution is 2.21. The van der Waals surface area contributed by atoms with Gasteiger partial charge in [0.15, 0.2) is 5.96 Å². The lowest BCUT2D eigenvalue weighted by atomic mass is 10.1. The number of ether oxygens (including phenoxy) is 3. The third kappa shape index (κ3) is 12.7. The minimum atomic E-state index is -0.509. The van der Waals surface area contributed by atoms with Crippen LogP contribution in [0.25, 0.3) is 0 Å². The average molecular weight is 536 g/mol. The highest BCUT2D eigenvalue weighted by molar-refractivity contribution is 14.0. The van der Waals surface area contributed by atoms with Gasteiger partial charge in [-0.15, -0.1) is 24.0 Å². The maximum atomic E-state index is 11.7. The number of rotatable bonds is 10. The van der Waals surface area contributed by atoms with E-state index in [0.29, 0.717) is 38.8 Å². The van der Waals surface area contributed by atoms with Gasteiger partial charge in [0.05, 0.1) is 13.2 Å². The van der Waals surface area contributed by atoms with Crippen LogP contribution < -0.4 is 20.7 Å². The van der Waals surface area contributed by atoms with E-state index in [1.165, 1.54) is 0 Å². The molecule has 0 fully saturated rings. The number of alkyl carbamates (subject to hydrolysis) is 1. The minimum Gasteiger partial charge on any atom is -0.491 e. The summed E-state index contributed by atoms with van der Waals surface area (Å²) in [5.41, 5.74) is 1.62. The topological polar surface area (TPSA) is 93.2 Å². The van der Waals surface area contributed by atoms with Crippen LogP contribution in [0.2, 0.25) is 0 Å². The molecular weight excluding hydrogens is 499 g/mol. The van der Waals surface area contributed by atoms with Gasteiger partial charge in [0.1, 0.15) is 18.0 Å². The van der Waals surface area contributed by atoms with E-state index in [0.717, 1.165) is 23.4 Å². The Morgan fingerprint density at radius 3 is 2.43 bits per heavy atom. The van der Waals surface area contributed by atoms with Crippen molar-refractivity contribution >= 4 is 36.0 Å². The Kier molecular flexibility index (Phi) is 14.2. The first kappa shape index (κ1) is 28.2. The standard InChI is InChI=1S/C21H36N4O4.HI/c1-7-22-19(23-10-11-24-20(26)29-21(3,4)5)25-15-17-9-8-16(2)14-18(17)28-13-12-27-6;/h8-9,14H,7,10-13,15H2,1-6H3,(H,24,26)(H2,22,23,25);1H. The summed E-state index contributed by atoms with van der Waals surface area (Å²) in [6.07, 6.45) is -0.432. The van der Waals surface area contributed by atoms with Gasteiger partial charge >= 0.3 is 6.09 Å². The number of carbonyl (C=O) groups is 1. The van der Waals surface area contributed by atoms with E-state index in [2.05, 4.69) is 20.9 Å². The monoisotopic (exact) mass is 536 g/mol. The summed E-state index contributed by atoms with van der Waals surface area (Å²) in [6.45, 7) is 12.7. The van der Waals surface area contributed by atoms with Gasteiger partial charge in [0.25, 0.3) is 0 Å². The maximum absolute atomic E-state index is 11.7. The molecule has 0 saturated heterocycles. The molecule has 0 aromatic heterocycles. The van der Waals surface area contributed by atoms with E-state index in [-0.39, 0.29) is 24.0 Å². The molecule has 1 amide bonds. The van der Waals surface area contributed by atoms with Crippen molar-refractivity contribution in [2.45, 2.75) is 46.8 Å². The number of aryl methyl sites for hydroxylation is 1. The van der Waals surface area contributed by atoms with Crippen molar-refractivity contribution < 1.29 is 19.0 Å². The molecule has 0 radical (unpaired) electrons. The fourth-order valence-electron chi connectivity index (χ4n) is 2.33. The Morgan fingerprint density at radius 2 is 1.80 bits per heavy atom. The molecule has 0 aliphatic carbocycles. The van der Waals surface area contributed by atoms with Gasteiger partial charge in [-0.05, 0) is 46.2 Å². The zero-order valence-electron chi connectivity index (χ0n) is 19.0. The lowest BCUT2D eigenvalue weighted by molar-refractivity contribution is 0.0529. The predicted octanol–water partition coefficient (Wildman–Crippen LogP) is 3.22. The summed E-state index contributed by atoms with van der Waals surface area (Å²) in [5.74, 6) is 1.48. The maximum Gasteiger partial charge on any atom is 0.407 e. The number of benzene rings is 1. The third-order valence-corrected chi connectivity index (χ3v) is 3.61. The molecule has 1 rings (SSSR count). The first-order chi connectivity index (χ1) is 13.7. The molecule has 0 bridgehead atoms. The number of hydrogen-bond donors (Lipinski definition) is 3. The molecule has 0 unspecified atom stereocenters. The summed E-state index contributed by atoms with van der Waals surface area (Å²) in [4.78, 5) is 16.3. The van der Waals surface area contributed by atoms with Crippen LogP contribution >= 0.6 is 24.0 Å². The predicted molar refractivity (Wildman–Crippen MR) is 131 cm³/mol. The second-order valence-corrected chi connectivity index (χ2v) is 7.50. The Hall–Kier alpha value is -1.75. The van der Waals surface area contributed by atoms with Gasteiger partial charge in [-0.3, -0.25) is 0 Å². The van der Waals surface area contributed by atoms with Gasteiger partial charge in [0.2, 0.25) is 0 Å². The average Bonchev–Trinajstić information content (AvgIpc) is 2.63. The number of nitrogens with zero attached hydrogens (tertiary/aromatic N) is 1. The van der Waals surface area contributed by atoms with Gasteiger partial charge < -0.3 is 30.2 Å². The Balaban J connectivity index is 0.00000841. The van der Waals surface area contributed by atoms with Crippen LogP contribution in [0.5, 0.6) is 5.75 Å². The quantitative estimate of drug-likeness (QED) is 0.184. The van der Waals surface area contributed by atoms with Crippen molar-refractivity contribution in [2.24, 2.45) is 4.99 Å². The van der Waals surface area contributed by atoms with E-state index in [1.807, 2.05) is 52.8 Å². The number of carbonyl (C=O) groups excluding carboxylic acids is 1. The smallest absolute Gasteiger partial charge is 0.407 e. The Bertz CT molecular complexity index is 663. The summed E-state index contributed by atoms with van der Waals surface area (Å²) >= 11 is 0. The molecule has 0 aliphatic rings. The van der Waals surface area contributed by atoms with E-state index in [4.69, 9.17) is 14.2 Å². The van der Waals surface area contributed by atoms with Crippen LogP contribution in [0.15, 0.2) is 23.2 Å². The molecule has 0 heterocycles. The fourth-order valence-corrected chi connectivity index (χ4v) is 2.33. The summed E-state index contributed by atoms with van der Waals surface area (Å²) in [7, 11) is 1.65. The van der Waals surface area contributed by atoms with Crippen LogP contribution in [0.4, 0.5) is 4.79 Å². The van der Waals surface area contributed by atoms with Gasteiger partial charge in [0, 0.05) is 32.3 Å². The zero-order chi connectivity index (χ0) is 21.7. The number of aliphatic imine (C=N–C) groups is 1. The molecule has 0 atom stereocenters. The first-order valence-corrected chi connectivity index (χ1v) is 9.95. The van der Waals surface area contributed by atoms with Crippen LogP contribution in [0, 0.1) is 6.92 Å². The van der Waals surface area contributed by atoms with Crippen LogP contribution in [0.1, 0.15) is 38.8 Å². The largest absolute Gasteiger partial charge is 0.491 e. The molecule has 0 saturated carbocycles. The molecule has 8 nitrogen and oxygen atoms in total. The Morgan fingerprint density at radius 1 is 1.10 bits per heavy atom. The molecule has 9 heteroatoms. The SMILES string of the molecule is CCNC(=NCc1ccc(C)cc1OCCOC)NCCNC(=O)OC(C)(C)C.I. The van der Waals surface area contributed by atoms with E-state index < -0.39 is 11.7 Å². The highest BCUT2D eigenvalue weighted by Gasteiger charge is 2.15. The van der Waals surface area contributed by atoms with Crippen molar-refractivity contribution in [1.82, 2.24) is 16.0 Å². The fraction of sp³-hybridized carbons (Fsp3) is 0.619. The van der Waals surface area contributed by atoms with Crippen LogP contribution in [0.3, 0.4) is 0 Å². The van der Waals surface area contributed by atoms with E-state index in [1.54, 1.807) is 7.11 Å². The number of halogens is 1. The van der Waals surface area contributed by atoms with Gasteiger partial charge in [-0.1, -0.05) is 12.1 Å². The van der Waals surface area contributed by atoms with Crippen LogP contribution in [-0.2, 0) is 16.0 Å². The first-order valence-electron chi connectivity index (χ1n) is 9.95. The van der Waals surface area contributed by atoms with E-state index in [9.17, 15) is 4.79 Å². The lowest BCUT2D eigenvalue weighted by Crippen LogP contribution is -2.42. The molecule has 0 aliphatic heterocycles. The number of amides is 1. The zero-order valence-corrected chi connectivity index (χ0v) is 21.3. The molecule has 0 spiro atoms. The van der Waals surface area contributed by atoms with E-state index >= 15 is 0 Å². The molecular formula is C21H37IN4O4. The van der Waals surface area contributed by atoms with Crippen molar-refractivity contribution in [3.63, 3.8) is 0 Å². The molecule has 1 aromatic rings. The van der Waals surface area contributed by atoms with Crippen molar-refractivity contribution in [3.05, 3.63) is 29.3 Å². The highest BCUT2D eigenvalue weighted by atomic mass is 127. The van der Waals surface area contributed by atoms with Crippen LogP contribution in [-0.4, -0.2) is 57.6 Å². The third-order valence-electron chi connectivity index (χ3n) is 3.61. The normalized spacial score (nSPS) is 11.3. The number of nitrogens with one attached hydrogen (secondary N) is 3. The van der Waals surface area contributed by atoms with Crippen molar-refractivity contribution in [2.75, 3.05) is 40.0 Å². The molecule has 30 heavy (non-hydrogen) atoms. The number of methoxy groups -OCH3 is 1. The number of hydrogen-bond acceptors (Lipinski definition) is 5. The molecule has 1 aromatic carbocycles. The van der Waals surface area contributed by atoms with Crippen molar-refractivity contribution in [1.29, 1.82) is 0 Å².